The Hall–Kier alpha value is -1.60. The van der Waals surface area contributed by atoms with Gasteiger partial charge in [-0.2, -0.15) is 0 Å². The zero-order valence-electron chi connectivity index (χ0n) is 13.4. The fourth-order valence-corrected chi connectivity index (χ4v) is 5.57. The number of aryl methyl sites for hydroxylation is 1. The van der Waals surface area contributed by atoms with Crippen molar-refractivity contribution in [3.05, 3.63) is 84.0 Å². The molecule has 1 aliphatic carbocycles. The van der Waals surface area contributed by atoms with Crippen molar-refractivity contribution in [2.45, 2.75) is 20.8 Å². The maximum absolute atomic E-state index is 12.5. The van der Waals surface area contributed by atoms with Crippen LogP contribution in [0.25, 0.3) is 0 Å². The molecular formula is C20H17IO3S. The van der Waals surface area contributed by atoms with Crippen LogP contribution in [-0.2, 0) is 16.3 Å². The van der Waals surface area contributed by atoms with Gasteiger partial charge in [-0.3, -0.25) is 0 Å². The first-order valence-corrected chi connectivity index (χ1v) is 10.9. The predicted octanol–water partition coefficient (Wildman–Crippen LogP) is 4.44. The minimum absolute atomic E-state index is 0.104. The van der Waals surface area contributed by atoms with Gasteiger partial charge in [0.1, 0.15) is 5.75 Å². The number of fused-ring (bicyclic) bond motifs is 3. The molecule has 0 radical (unpaired) electrons. The summed E-state index contributed by atoms with van der Waals surface area (Å²) in [6, 6.07) is 14.6. The Morgan fingerprint density at radius 2 is 1.88 bits per heavy atom. The van der Waals surface area contributed by atoms with Crippen LogP contribution in [0, 0.1) is 0 Å². The van der Waals surface area contributed by atoms with Crippen molar-refractivity contribution in [1.29, 1.82) is 0 Å². The van der Waals surface area contributed by atoms with Crippen LogP contribution >= 0.6 is 22.6 Å². The molecule has 128 valence electrons. The zero-order valence-corrected chi connectivity index (χ0v) is 16.4. The molecule has 0 aromatic heterocycles. The first-order chi connectivity index (χ1) is 12.0. The number of sulfone groups is 1. The number of rotatable bonds is 4. The highest BCUT2D eigenvalue weighted by atomic mass is 127. The quantitative estimate of drug-likeness (QED) is 0.497. The van der Waals surface area contributed by atoms with Crippen LogP contribution in [0.5, 0.6) is 5.75 Å². The lowest BCUT2D eigenvalue weighted by Gasteiger charge is -2.25. The van der Waals surface area contributed by atoms with Crippen molar-refractivity contribution < 1.29 is 13.2 Å². The smallest absolute Gasteiger partial charge is 0.188 e. The summed E-state index contributed by atoms with van der Waals surface area (Å²) in [5.74, 6) is 1.15. The molecule has 2 aromatic carbocycles. The van der Waals surface area contributed by atoms with E-state index in [0.717, 1.165) is 16.9 Å². The van der Waals surface area contributed by atoms with Gasteiger partial charge in [0.25, 0.3) is 0 Å². The Kier molecular flexibility index (Phi) is 4.24. The summed E-state index contributed by atoms with van der Waals surface area (Å²) in [5.41, 5.74) is 2.15. The average Bonchev–Trinajstić information content (AvgIpc) is 2.92. The van der Waals surface area contributed by atoms with E-state index in [1.54, 1.807) is 24.3 Å². The number of alkyl halides is 1. The summed E-state index contributed by atoms with van der Waals surface area (Å²) >= 11 is 2.34. The molecule has 1 aliphatic heterocycles. The Balaban J connectivity index is 1.56. The van der Waals surface area contributed by atoms with E-state index in [1.165, 1.54) is 0 Å². The summed E-state index contributed by atoms with van der Waals surface area (Å²) < 4.78 is 30.7. The van der Waals surface area contributed by atoms with Gasteiger partial charge in [-0.15, -0.1) is 0 Å². The number of allylic oxidation sites excluding steroid dienone is 2. The van der Waals surface area contributed by atoms with Crippen molar-refractivity contribution in [3.8, 4) is 5.75 Å². The molecule has 3 nitrogen and oxygen atoms in total. The number of hydrogen-bond donors (Lipinski definition) is 0. The molecule has 2 atom stereocenters. The molecule has 2 aromatic rings. The van der Waals surface area contributed by atoms with E-state index in [9.17, 15) is 8.42 Å². The third kappa shape index (κ3) is 3.15. The molecule has 0 fully saturated rings. The minimum atomic E-state index is -3.27. The Labute approximate surface area is 161 Å². The first kappa shape index (κ1) is 16.8. The highest BCUT2D eigenvalue weighted by molar-refractivity contribution is 14.1. The second-order valence-corrected chi connectivity index (χ2v) is 10.1. The van der Waals surface area contributed by atoms with Gasteiger partial charge in [-0.1, -0.05) is 48.6 Å². The summed E-state index contributed by atoms with van der Waals surface area (Å²) in [7, 11) is -3.27. The second-order valence-electron chi connectivity index (χ2n) is 6.28. The van der Waals surface area contributed by atoms with Crippen molar-refractivity contribution in [3.63, 3.8) is 0 Å². The van der Waals surface area contributed by atoms with Crippen molar-refractivity contribution in [2.75, 3.05) is 5.75 Å². The van der Waals surface area contributed by atoms with Crippen LogP contribution in [0.2, 0.25) is 0 Å². The van der Waals surface area contributed by atoms with Gasteiger partial charge in [-0.25, -0.2) is 8.42 Å². The molecule has 0 spiro atoms. The predicted molar refractivity (Wildman–Crippen MR) is 107 cm³/mol. The lowest BCUT2D eigenvalue weighted by atomic mass is 9.91. The van der Waals surface area contributed by atoms with Gasteiger partial charge in [0.2, 0.25) is 0 Å². The third-order valence-electron chi connectivity index (χ3n) is 4.60. The molecule has 0 amide bonds. The molecule has 4 rings (SSSR count). The van der Waals surface area contributed by atoms with Gasteiger partial charge >= 0.3 is 0 Å². The Morgan fingerprint density at radius 3 is 2.68 bits per heavy atom. The lowest BCUT2D eigenvalue weighted by Crippen LogP contribution is -2.28. The van der Waals surface area contributed by atoms with Gasteiger partial charge in [0, 0.05) is 5.56 Å². The largest absolute Gasteiger partial charge is 0.472 e. The first-order valence-electron chi connectivity index (χ1n) is 8.12. The van der Waals surface area contributed by atoms with E-state index in [1.807, 2.05) is 30.4 Å². The number of halogens is 1. The van der Waals surface area contributed by atoms with Gasteiger partial charge in [0.15, 0.2) is 13.4 Å². The van der Waals surface area contributed by atoms with E-state index in [-0.39, 0.29) is 15.3 Å². The van der Waals surface area contributed by atoms with E-state index >= 15 is 0 Å². The van der Waals surface area contributed by atoms with E-state index in [2.05, 4.69) is 40.8 Å². The number of benzene rings is 2. The summed E-state index contributed by atoms with van der Waals surface area (Å²) in [6.45, 7) is 0. The van der Waals surface area contributed by atoms with Crippen LogP contribution < -0.4 is 4.74 Å². The lowest BCUT2D eigenvalue weighted by molar-refractivity contribution is 0.251. The maximum Gasteiger partial charge on any atom is 0.188 e. The molecule has 0 N–H and O–H groups in total. The molecule has 0 saturated carbocycles. The molecule has 0 bridgehead atoms. The van der Waals surface area contributed by atoms with Crippen molar-refractivity contribution in [2.24, 2.45) is 0 Å². The van der Waals surface area contributed by atoms with Crippen molar-refractivity contribution >= 4 is 32.4 Å². The zero-order chi connectivity index (χ0) is 17.5. The fourth-order valence-electron chi connectivity index (χ4n) is 3.27. The fraction of sp³-hybridized carbons (Fsp3) is 0.200. The molecule has 25 heavy (non-hydrogen) atoms. The van der Waals surface area contributed by atoms with E-state index in [0.29, 0.717) is 11.3 Å². The monoisotopic (exact) mass is 464 g/mol. The van der Waals surface area contributed by atoms with Gasteiger partial charge in [0.05, 0.1) is 16.6 Å². The number of ether oxygens (including phenoxy) is 1. The molecule has 0 unspecified atom stereocenters. The van der Waals surface area contributed by atoms with Gasteiger partial charge < -0.3 is 4.74 Å². The van der Waals surface area contributed by atoms with E-state index in [4.69, 9.17) is 4.74 Å². The molecule has 1 heterocycles. The van der Waals surface area contributed by atoms with Gasteiger partial charge in [-0.05, 0) is 58.9 Å². The Bertz CT molecular complexity index is 964. The molecular weight excluding hydrogens is 447 g/mol. The highest BCUT2D eigenvalue weighted by Gasteiger charge is 2.44. The molecule has 0 saturated heterocycles. The topological polar surface area (TPSA) is 43.4 Å². The highest BCUT2D eigenvalue weighted by Crippen LogP contribution is 2.51. The SMILES string of the molecule is O=S(=O)(CCc1ccc2c(c1)[C@H]1C=CC=C[C@@]1(I)O2)c1ccccc1. The maximum atomic E-state index is 12.5. The van der Waals surface area contributed by atoms with Crippen LogP contribution in [0.15, 0.2) is 77.7 Å². The Morgan fingerprint density at radius 1 is 1.08 bits per heavy atom. The normalized spacial score (nSPS) is 23.8. The van der Waals surface area contributed by atoms with Crippen LogP contribution in [0.4, 0.5) is 0 Å². The summed E-state index contributed by atoms with van der Waals surface area (Å²) in [4.78, 5) is 0.381. The van der Waals surface area contributed by atoms with Crippen LogP contribution in [0.1, 0.15) is 17.0 Å². The number of hydrogen-bond acceptors (Lipinski definition) is 3. The van der Waals surface area contributed by atoms with E-state index < -0.39 is 9.84 Å². The third-order valence-corrected chi connectivity index (χ3v) is 7.58. The summed E-state index contributed by atoms with van der Waals surface area (Å²) in [6.07, 6.45) is 8.74. The average molecular weight is 464 g/mol. The van der Waals surface area contributed by atoms with Crippen LogP contribution in [-0.4, -0.2) is 17.8 Å². The molecule has 5 heteroatoms. The summed E-state index contributed by atoms with van der Waals surface area (Å²) in [5, 5.41) is 0. The van der Waals surface area contributed by atoms with Crippen LogP contribution in [0.3, 0.4) is 0 Å². The second kappa shape index (κ2) is 6.29. The molecule has 2 aliphatic rings. The standard InChI is InChI=1S/C20H17IO3S/c21-20-12-5-4-8-18(20)17-14-15(9-10-19(17)24-20)11-13-25(22,23)16-6-2-1-3-7-16/h1-10,12,14,18H,11,13H2/t18-,20-/m1/s1. The van der Waals surface area contributed by atoms with Crippen molar-refractivity contribution in [1.82, 2.24) is 0 Å². The minimum Gasteiger partial charge on any atom is -0.472 e.